The second-order valence-electron chi connectivity index (χ2n) is 9.19. The minimum Gasteiger partial charge on any atom is -0.337 e. The Morgan fingerprint density at radius 1 is 1.31 bits per heavy atom. The Bertz CT molecular complexity index is 508. The lowest BCUT2D eigenvalue weighted by Gasteiger charge is -2.57. The molecule has 1 amide bonds. The molecule has 1 N–H and O–H groups in total. The highest BCUT2D eigenvalue weighted by molar-refractivity contribution is 5.76. The van der Waals surface area contributed by atoms with Crippen molar-refractivity contribution in [3.63, 3.8) is 0 Å². The summed E-state index contributed by atoms with van der Waals surface area (Å²) in [5, 5.41) is 3.41. The van der Waals surface area contributed by atoms with Gasteiger partial charge in [-0.1, -0.05) is 45.3 Å². The predicted molar refractivity (Wildman–Crippen MR) is 108 cm³/mol. The zero-order valence-electron chi connectivity index (χ0n) is 17.2. The van der Waals surface area contributed by atoms with E-state index >= 15 is 0 Å². The summed E-state index contributed by atoms with van der Waals surface area (Å²) in [6.07, 6.45) is 9.12. The standard InChI is InChI=1S/C22H39N3O/c1-4-5-6-7-21(26)25(15-14-24-12-10-23-11-13-24)17-18-8-9-19-16-20(18)22(19,2)3/h8,19-20,23H,4-7,9-17H2,1-3H3. The van der Waals surface area contributed by atoms with Crippen LogP contribution >= 0.6 is 0 Å². The molecule has 2 unspecified atom stereocenters. The molecule has 0 radical (unpaired) electrons. The Morgan fingerprint density at radius 3 is 2.73 bits per heavy atom. The highest BCUT2D eigenvalue weighted by Gasteiger charge is 2.51. The van der Waals surface area contributed by atoms with E-state index in [1.807, 2.05) is 0 Å². The predicted octanol–water partition coefficient (Wildman–Crippen LogP) is 3.29. The third-order valence-corrected chi connectivity index (χ3v) is 7.20. The Morgan fingerprint density at radius 2 is 2.08 bits per heavy atom. The highest BCUT2D eigenvalue weighted by atomic mass is 16.2. The van der Waals surface area contributed by atoms with Crippen molar-refractivity contribution in [3.8, 4) is 0 Å². The number of nitrogens with one attached hydrogen (secondary N) is 1. The summed E-state index contributed by atoms with van der Waals surface area (Å²) in [6.45, 7) is 14.2. The molecule has 3 aliphatic carbocycles. The van der Waals surface area contributed by atoms with Crippen molar-refractivity contribution in [2.75, 3.05) is 45.8 Å². The van der Waals surface area contributed by atoms with Crippen LogP contribution in [0.2, 0.25) is 0 Å². The van der Waals surface area contributed by atoms with Gasteiger partial charge in [-0.05, 0) is 36.5 Å². The van der Waals surface area contributed by atoms with Gasteiger partial charge in [0.2, 0.25) is 5.91 Å². The maximum Gasteiger partial charge on any atom is 0.222 e. The van der Waals surface area contributed by atoms with E-state index in [9.17, 15) is 4.79 Å². The molecule has 4 rings (SSSR count). The maximum atomic E-state index is 12.9. The zero-order chi connectivity index (χ0) is 18.6. The first-order chi connectivity index (χ1) is 12.5. The van der Waals surface area contributed by atoms with Gasteiger partial charge in [-0.3, -0.25) is 9.69 Å². The maximum absolute atomic E-state index is 12.9. The molecule has 4 heteroatoms. The van der Waals surface area contributed by atoms with E-state index in [1.54, 1.807) is 5.57 Å². The number of allylic oxidation sites excluding steroid dienone is 1. The first-order valence-electron chi connectivity index (χ1n) is 10.9. The van der Waals surface area contributed by atoms with Crippen LogP contribution < -0.4 is 5.32 Å². The first-order valence-corrected chi connectivity index (χ1v) is 10.9. The van der Waals surface area contributed by atoms with Gasteiger partial charge < -0.3 is 10.2 Å². The monoisotopic (exact) mass is 361 g/mol. The molecule has 4 nitrogen and oxygen atoms in total. The minimum absolute atomic E-state index is 0.369. The molecule has 26 heavy (non-hydrogen) atoms. The lowest BCUT2D eigenvalue weighted by atomic mass is 9.49. The van der Waals surface area contributed by atoms with Crippen molar-refractivity contribution in [1.29, 1.82) is 0 Å². The molecular weight excluding hydrogens is 322 g/mol. The average molecular weight is 362 g/mol. The second kappa shape index (κ2) is 8.88. The molecule has 0 aromatic carbocycles. The largest absolute Gasteiger partial charge is 0.337 e. The fourth-order valence-electron chi connectivity index (χ4n) is 5.05. The van der Waals surface area contributed by atoms with Crippen LogP contribution in [0.25, 0.3) is 0 Å². The van der Waals surface area contributed by atoms with Crippen molar-refractivity contribution >= 4 is 5.91 Å². The topological polar surface area (TPSA) is 35.6 Å². The Hall–Kier alpha value is -0.870. The summed E-state index contributed by atoms with van der Waals surface area (Å²) in [5.74, 6) is 1.94. The van der Waals surface area contributed by atoms with Crippen LogP contribution in [0.5, 0.6) is 0 Å². The van der Waals surface area contributed by atoms with Gasteiger partial charge in [0.25, 0.3) is 0 Å². The summed E-state index contributed by atoms with van der Waals surface area (Å²) < 4.78 is 0. The molecule has 4 aliphatic rings. The molecule has 0 aromatic rings. The summed E-state index contributed by atoms with van der Waals surface area (Å²) in [4.78, 5) is 17.6. The number of hydrogen-bond donors (Lipinski definition) is 1. The van der Waals surface area contributed by atoms with Crippen molar-refractivity contribution < 1.29 is 4.79 Å². The summed E-state index contributed by atoms with van der Waals surface area (Å²) >= 11 is 0. The fourth-order valence-corrected chi connectivity index (χ4v) is 5.05. The van der Waals surface area contributed by atoms with Crippen LogP contribution in [0, 0.1) is 17.3 Å². The third kappa shape index (κ3) is 4.51. The number of rotatable bonds is 9. The number of carbonyl (C=O) groups is 1. The van der Waals surface area contributed by atoms with Crippen LogP contribution in [-0.4, -0.2) is 61.5 Å². The number of carbonyl (C=O) groups excluding carboxylic acids is 1. The summed E-state index contributed by atoms with van der Waals surface area (Å²) in [6, 6.07) is 0. The molecule has 1 heterocycles. The van der Waals surface area contributed by atoms with E-state index in [1.165, 1.54) is 19.3 Å². The molecule has 2 fully saturated rings. The fraction of sp³-hybridized carbons (Fsp3) is 0.864. The van der Waals surface area contributed by atoms with Gasteiger partial charge in [-0.15, -0.1) is 0 Å². The van der Waals surface area contributed by atoms with E-state index in [2.05, 4.69) is 42.0 Å². The van der Waals surface area contributed by atoms with Gasteiger partial charge in [0, 0.05) is 52.2 Å². The van der Waals surface area contributed by atoms with E-state index in [4.69, 9.17) is 0 Å². The molecule has 1 saturated carbocycles. The third-order valence-electron chi connectivity index (χ3n) is 7.20. The van der Waals surface area contributed by atoms with Crippen molar-refractivity contribution in [2.45, 2.75) is 59.3 Å². The lowest BCUT2D eigenvalue weighted by Crippen LogP contribution is -2.51. The van der Waals surface area contributed by atoms with Crippen molar-refractivity contribution in [1.82, 2.24) is 15.1 Å². The Balaban J connectivity index is 1.58. The quantitative estimate of drug-likeness (QED) is 0.506. The molecule has 148 valence electrons. The number of unbranched alkanes of at least 4 members (excludes halogenated alkanes) is 2. The van der Waals surface area contributed by atoms with Gasteiger partial charge >= 0.3 is 0 Å². The van der Waals surface area contributed by atoms with Crippen LogP contribution in [-0.2, 0) is 4.79 Å². The second-order valence-corrected chi connectivity index (χ2v) is 9.19. The van der Waals surface area contributed by atoms with Crippen LogP contribution in [0.1, 0.15) is 59.3 Å². The summed E-state index contributed by atoms with van der Waals surface area (Å²) in [5.41, 5.74) is 1.99. The van der Waals surface area contributed by atoms with Crippen LogP contribution in [0.3, 0.4) is 0 Å². The van der Waals surface area contributed by atoms with Crippen molar-refractivity contribution in [3.05, 3.63) is 11.6 Å². The minimum atomic E-state index is 0.369. The molecule has 0 aromatic heterocycles. The van der Waals surface area contributed by atoms with Crippen molar-refractivity contribution in [2.24, 2.45) is 17.3 Å². The normalized spacial score (nSPS) is 27.6. The zero-order valence-corrected chi connectivity index (χ0v) is 17.2. The van der Waals surface area contributed by atoms with Gasteiger partial charge in [0.05, 0.1) is 0 Å². The van der Waals surface area contributed by atoms with E-state index in [0.29, 0.717) is 17.2 Å². The van der Waals surface area contributed by atoms with Gasteiger partial charge in [0.1, 0.15) is 0 Å². The number of piperazine rings is 1. The van der Waals surface area contributed by atoms with Gasteiger partial charge in [-0.2, -0.15) is 0 Å². The molecular formula is C22H39N3O. The first kappa shape index (κ1) is 19.9. The molecule has 0 spiro atoms. The Labute approximate surface area is 160 Å². The Kier molecular flexibility index (Phi) is 6.79. The number of amides is 1. The van der Waals surface area contributed by atoms with E-state index in [-0.39, 0.29) is 0 Å². The van der Waals surface area contributed by atoms with Gasteiger partial charge in [-0.25, -0.2) is 0 Å². The molecule has 2 bridgehead atoms. The van der Waals surface area contributed by atoms with E-state index < -0.39 is 0 Å². The van der Waals surface area contributed by atoms with E-state index in [0.717, 1.165) is 71.0 Å². The number of hydrogen-bond acceptors (Lipinski definition) is 3. The highest BCUT2D eigenvalue weighted by Crippen LogP contribution is 2.59. The number of nitrogens with zero attached hydrogens (tertiary/aromatic N) is 2. The smallest absolute Gasteiger partial charge is 0.222 e. The van der Waals surface area contributed by atoms with Crippen LogP contribution in [0.15, 0.2) is 11.6 Å². The molecule has 1 aliphatic heterocycles. The number of fused-ring (bicyclic) bond motifs is 1. The average Bonchev–Trinajstić information content (AvgIpc) is 2.66. The molecule has 1 saturated heterocycles. The SMILES string of the molecule is CCCCCC(=O)N(CCN1CCNCC1)CC1=CCC2CC1C2(C)C. The summed E-state index contributed by atoms with van der Waals surface area (Å²) in [7, 11) is 0. The van der Waals surface area contributed by atoms with Gasteiger partial charge in [0.15, 0.2) is 0 Å². The lowest BCUT2D eigenvalue weighted by molar-refractivity contribution is -0.131. The van der Waals surface area contributed by atoms with Crippen LogP contribution in [0.4, 0.5) is 0 Å². The molecule has 2 atom stereocenters.